The Hall–Kier alpha value is -0.200. The second-order valence-electron chi connectivity index (χ2n) is 4.55. The van der Waals surface area contributed by atoms with E-state index in [0.717, 1.165) is 32.4 Å². The predicted molar refractivity (Wildman–Crippen MR) is 74.3 cm³/mol. The van der Waals surface area contributed by atoms with Crippen LogP contribution in [0.3, 0.4) is 0 Å². The third-order valence-corrected chi connectivity index (χ3v) is 3.46. The van der Waals surface area contributed by atoms with Crippen LogP contribution in [0.2, 0.25) is 0 Å². The SMILES string of the molecule is CCN(CC)C(N)C(CCN)C(N)CCCN. The van der Waals surface area contributed by atoms with Crippen LogP contribution in [0, 0.1) is 5.92 Å². The van der Waals surface area contributed by atoms with Gasteiger partial charge in [0.25, 0.3) is 0 Å². The third-order valence-electron chi connectivity index (χ3n) is 3.46. The van der Waals surface area contributed by atoms with E-state index in [9.17, 15) is 0 Å². The molecule has 0 saturated heterocycles. The van der Waals surface area contributed by atoms with E-state index in [1.165, 1.54) is 0 Å². The number of rotatable bonds is 10. The molecule has 0 aromatic carbocycles. The van der Waals surface area contributed by atoms with Crippen molar-refractivity contribution in [2.24, 2.45) is 28.9 Å². The lowest BCUT2D eigenvalue weighted by atomic mass is 9.89. The lowest BCUT2D eigenvalue weighted by molar-refractivity contribution is 0.134. The Morgan fingerprint density at radius 2 is 1.53 bits per heavy atom. The fourth-order valence-corrected chi connectivity index (χ4v) is 2.31. The van der Waals surface area contributed by atoms with Crippen molar-refractivity contribution in [2.75, 3.05) is 26.2 Å². The molecule has 0 aliphatic rings. The van der Waals surface area contributed by atoms with Gasteiger partial charge in [-0.25, -0.2) is 0 Å². The van der Waals surface area contributed by atoms with Crippen LogP contribution in [0.4, 0.5) is 0 Å². The van der Waals surface area contributed by atoms with Crippen LogP contribution in [0.25, 0.3) is 0 Å². The van der Waals surface area contributed by atoms with Gasteiger partial charge in [-0.15, -0.1) is 0 Å². The molecule has 17 heavy (non-hydrogen) atoms. The molecule has 0 aromatic rings. The van der Waals surface area contributed by atoms with Gasteiger partial charge in [0.15, 0.2) is 0 Å². The van der Waals surface area contributed by atoms with Crippen molar-refractivity contribution in [2.45, 2.75) is 45.3 Å². The summed E-state index contributed by atoms with van der Waals surface area (Å²) in [5.74, 6) is 0.256. The number of hydrogen-bond donors (Lipinski definition) is 4. The van der Waals surface area contributed by atoms with Gasteiger partial charge >= 0.3 is 0 Å². The molecule has 3 atom stereocenters. The highest BCUT2D eigenvalue weighted by atomic mass is 15.2. The first-order chi connectivity index (χ1) is 8.12. The third kappa shape index (κ3) is 5.79. The van der Waals surface area contributed by atoms with Crippen molar-refractivity contribution < 1.29 is 0 Å². The standard InChI is InChI=1S/C12H31N5/c1-3-17(4-2)12(16)10(7-9-14)11(15)6-5-8-13/h10-12H,3-9,13-16H2,1-2H3. The molecule has 104 valence electrons. The van der Waals surface area contributed by atoms with E-state index in [0.29, 0.717) is 13.1 Å². The quantitative estimate of drug-likeness (QED) is 0.393. The minimum atomic E-state index is 0.00123. The maximum absolute atomic E-state index is 6.30. The first kappa shape index (κ1) is 16.8. The summed E-state index contributed by atoms with van der Waals surface area (Å²) >= 11 is 0. The molecule has 0 heterocycles. The van der Waals surface area contributed by atoms with Gasteiger partial charge in [0, 0.05) is 12.0 Å². The summed E-state index contributed by atoms with van der Waals surface area (Å²) in [4.78, 5) is 2.24. The normalized spacial score (nSPS) is 17.1. The second kappa shape index (κ2) is 9.79. The minimum Gasteiger partial charge on any atom is -0.330 e. The Labute approximate surface area is 106 Å². The van der Waals surface area contributed by atoms with Gasteiger partial charge in [0.05, 0.1) is 6.17 Å². The van der Waals surface area contributed by atoms with Crippen molar-refractivity contribution in [3.63, 3.8) is 0 Å². The van der Waals surface area contributed by atoms with E-state index in [4.69, 9.17) is 22.9 Å². The van der Waals surface area contributed by atoms with Gasteiger partial charge in [0.1, 0.15) is 0 Å². The highest BCUT2D eigenvalue weighted by Crippen LogP contribution is 2.17. The van der Waals surface area contributed by atoms with Crippen LogP contribution in [-0.2, 0) is 0 Å². The fourth-order valence-electron chi connectivity index (χ4n) is 2.31. The number of nitrogens with two attached hydrogens (primary N) is 4. The first-order valence-electron chi connectivity index (χ1n) is 6.77. The number of hydrogen-bond acceptors (Lipinski definition) is 5. The first-order valence-corrected chi connectivity index (χ1v) is 6.77. The molecule has 0 aromatic heterocycles. The molecule has 0 aliphatic heterocycles. The van der Waals surface area contributed by atoms with Crippen LogP contribution >= 0.6 is 0 Å². The Morgan fingerprint density at radius 1 is 0.941 bits per heavy atom. The summed E-state index contributed by atoms with van der Waals surface area (Å²) < 4.78 is 0. The van der Waals surface area contributed by atoms with Gasteiger partial charge in [0.2, 0.25) is 0 Å². The molecular formula is C12H31N5. The summed E-state index contributed by atoms with van der Waals surface area (Å²) in [5, 5.41) is 0. The minimum absolute atomic E-state index is 0.00123. The Bertz CT molecular complexity index is 172. The topological polar surface area (TPSA) is 107 Å². The van der Waals surface area contributed by atoms with Crippen LogP contribution in [0.15, 0.2) is 0 Å². The Balaban J connectivity index is 4.46. The van der Waals surface area contributed by atoms with Crippen molar-refractivity contribution in [1.29, 1.82) is 0 Å². The maximum Gasteiger partial charge on any atom is 0.0616 e. The zero-order valence-corrected chi connectivity index (χ0v) is 11.4. The van der Waals surface area contributed by atoms with E-state index < -0.39 is 0 Å². The molecule has 5 nitrogen and oxygen atoms in total. The molecule has 5 heteroatoms. The zero-order chi connectivity index (χ0) is 13.3. The monoisotopic (exact) mass is 245 g/mol. The fraction of sp³-hybridized carbons (Fsp3) is 1.00. The van der Waals surface area contributed by atoms with E-state index >= 15 is 0 Å². The van der Waals surface area contributed by atoms with E-state index in [2.05, 4.69) is 18.7 Å². The van der Waals surface area contributed by atoms with E-state index in [1.807, 2.05) is 0 Å². The summed E-state index contributed by atoms with van der Waals surface area (Å²) in [6.07, 6.45) is 2.76. The Kier molecular flexibility index (Phi) is 9.68. The molecule has 0 spiro atoms. The van der Waals surface area contributed by atoms with Crippen LogP contribution in [0.1, 0.15) is 33.1 Å². The summed E-state index contributed by atoms with van der Waals surface area (Å²) in [5.41, 5.74) is 23.7. The average molecular weight is 245 g/mol. The van der Waals surface area contributed by atoms with Crippen LogP contribution in [-0.4, -0.2) is 43.3 Å². The van der Waals surface area contributed by atoms with E-state index in [-0.39, 0.29) is 18.1 Å². The lowest BCUT2D eigenvalue weighted by Crippen LogP contribution is -2.53. The predicted octanol–water partition coefficient (Wildman–Crippen LogP) is -0.356. The van der Waals surface area contributed by atoms with Gasteiger partial charge < -0.3 is 22.9 Å². The molecule has 0 saturated carbocycles. The van der Waals surface area contributed by atoms with Crippen LogP contribution < -0.4 is 22.9 Å². The van der Waals surface area contributed by atoms with Crippen molar-refractivity contribution >= 4 is 0 Å². The largest absolute Gasteiger partial charge is 0.330 e. The summed E-state index contributed by atoms with van der Waals surface area (Å²) in [6, 6.07) is 0.0951. The molecular weight excluding hydrogens is 214 g/mol. The molecule has 0 radical (unpaired) electrons. The van der Waals surface area contributed by atoms with E-state index in [1.54, 1.807) is 0 Å². The lowest BCUT2D eigenvalue weighted by Gasteiger charge is -2.36. The second-order valence-corrected chi connectivity index (χ2v) is 4.55. The van der Waals surface area contributed by atoms with Crippen LogP contribution in [0.5, 0.6) is 0 Å². The van der Waals surface area contributed by atoms with Gasteiger partial charge in [-0.05, 0) is 45.4 Å². The molecule has 8 N–H and O–H groups in total. The van der Waals surface area contributed by atoms with Gasteiger partial charge in [-0.3, -0.25) is 4.90 Å². The summed E-state index contributed by atoms with van der Waals surface area (Å²) in [7, 11) is 0. The molecule has 0 amide bonds. The molecule has 0 fully saturated rings. The highest BCUT2D eigenvalue weighted by molar-refractivity contribution is 4.82. The van der Waals surface area contributed by atoms with Crippen molar-refractivity contribution in [3.05, 3.63) is 0 Å². The maximum atomic E-state index is 6.30. The molecule has 0 aliphatic carbocycles. The number of nitrogens with zero attached hydrogens (tertiary/aromatic N) is 1. The Morgan fingerprint density at radius 3 is 1.94 bits per heavy atom. The molecule has 0 bridgehead atoms. The molecule has 3 unspecified atom stereocenters. The van der Waals surface area contributed by atoms with Crippen molar-refractivity contribution in [3.8, 4) is 0 Å². The van der Waals surface area contributed by atoms with Crippen molar-refractivity contribution in [1.82, 2.24) is 4.90 Å². The van der Waals surface area contributed by atoms with Gasteiger partial charge in [-0.2, -0.15) is 0 Å². The molecule has 0 rings (SSSR count). The van der Waals surface area contributed by atoms with Gasteiger partial charge in [-0.1, -0.05) is 13.8 Å². The highest BCUT2D eigenvalue weighted by Gasteiger charge is 2.26. The average Bonchev–Trinajstić information content (AvgIpc) is 2.34. The summed E-state index contributed by atoms with van der Waals surface area (Å²) in [6.45, 7) is 7.45. The smallest absolute Gasteiger partial charge is 0.0616 e. The zero-order valence-electron chi connectivity index (χ0n) is 11.4.